The van der Waals surface area contributed by atoms with Crippen molar-refractivity contribution in [1.82, 2.24) is 4.98 Å². The molecule has 1 aromatic rings. The van der Waals surface area contributed by atoms with Crippen molar-refractivity contribution in [1.29, 1.82) is 0 Å². The SMILES string of the molecule is CC(C)(C)OC(=O)Nc1cc(N2CCC(F)(F)CC2)cc(C=O)n1. The van der Waals surface area contributed by atoms with Crippen molar-refractivity contribution in [2.45, 2.75) is 45.1 Å². The molecule has 1 saturated heterocycles. The van der Waals surface area contributed by atoms with Gasteiger partial charge in [0.2, 0.25) is 0 Å². The average Bonchev–Trinajstić information content (AvgIpc) is 2.44. The highest BCUT2D eigenvalue weighted by Crippen LogP contribution is 2.31. The Hall–Kier alpha value is -2.25. The Kier molecular flexibility index (Phi) is 5.05. The number of carbonyl (C=O) groups excluding carboxylic acids is 2. The van der Waals surface area contributed by atoms with Crippen molar-refractivity contribution in [3.63, 3.8) is 0 Å². The average molecular weight is 341 g/mol. The Morgan fingerprint density at radius 1 is 1.33 bits per heavy atom. The number of carbonyl (C=O) groups is 2. The molecule has 6 nitrogen and oxygen atoms in total. The maximum absolute atomic E-state index is 13.3. The number of ether oxygens (including phenoxy) is 1. The molecule has 132 valence electrons. The van der Waals surface area contributed by atoms with E-state index in [0.717, 1.165) is 0 Å². The maximum atomic E-state index is 13.3. The minimum atomic E-state index is -2.66. The lowest BCUT2D eigenvalue weighted by Gasteiger charge is -2.33. The molecule has 0 aliphatic carbocycles. The number of amides is 1. The fourth-order valence-electron chi connectivity index (χ4n) is 2.34. The topological polar surface area (TPSA) is 71.5 Å². The van der Waals surface area contributed by atoms with Gasteiger partial charge in [-0.1, -0.05) is 0 Å². The van der Waals surface area contributed by atoms with Gasteiger partial charge in [0.15, 0.2) is 6.29 Å². The molecule has 1 N–H and O–H groups in total. The minimum absolute atomic E-state index is 0.107. The van der Waals surface area contributed by atoms with Gasteiger partial charge in [-0.3, -0.25) is 10.1 Å². The summed E-state index contributed by atoms with van der Waals surface area (Å²) < 4.78 is 31.7. The highest BCUT2D eigenvalue weighted by molar-refractivity contribution is 5.86. The van der Waals surface area contributed by atoms with E-state index in [4.69, 9.17) is 4.74 Å². The van der Waals surface area contributed by atoms with E-state index >= 15 is 0 Å². The monoisotopic (exact) mass is 341 g/mol. The molecule has 0 saturated carbocycles. The first kappa shape index (κ1) is 18.1. The summed E-state index contributed by atoms with van der Waals surface area (Å²) in [4.78, 5) is 28.6. The van der Waals surface area contributed by atoms with Gasteiger partial charge < -0.3 is 9.64 Å². The fraction of sp³-hybridized carbons (Fsp3) is 0.562. The predicted molar refractivity (Wildman–Crippen MR) is 85.9 cm³/mol. The zero-order valence-electron chi connectivity index (χ0n) is 13.9. The van der Waals surface area contributed by atoms with Crippen LogP contribution in [0.15, 0.2) is 12.1 Å². The number of aromatic nitrogens is 1. The van der Waals surface area contributed by atoms with Crippen molar-refractivity contribution >= 4 is 23.9 Å². The molecule has 0 atom stereocenters. The first-order valence-electron chi connectivity index (χ1n) is 7.68. The van der Waals surface area contributed by atoms with Crippen molar-refractivity contribution in [2.24, 2.45) is 0 Å². The quantitative estimate of drug-likeness (QED) is 0.852. The zero-order valence-corrected chi connectivity index (χ0v) is 13.9. The number of hydrogen-bond donors (Lipinski definition) is 1. The number of halogens is 2. The number of aldehydes is 1. The minimum Gasteiger partial charge on any atom is -0.444 e. The molecule has 0 radical (unpaired) electrons. The maximum Gasteiger partial charge on any atom is 0.413 e. The molecule has 8 heteroatoms. The zero-order chi connectivity index (χ0) is 18.0. The van der Waals surface area contributed by atoms with Crippen LogP contribution in [-0.4, -0.2) is 42.0 Å². The molecule has 1 aliphatic rings. The van der Waals surface area contributed by atoms with Crippen LogP contribution in [0, 0.1) is 0 Å². The summed E-state index contributed by atoms with van der Waals surface area (Å²) in [7, 11) is 0. The summed E-state index contributed by atoms with van der Waals surface area (Å²) >= 11 is 0. The third-order valence-corrected chi connectivity index (χ3v) is 3.44. The van der Waals surface area contributed by atoms with Crippen LogP contribution in [0.3, 0.4) is 0 Å². The number of hydrogen-bond acceptors (Lipinski definition) is 5. The molecule has 1 aliphatic heterocycles. The Balaban J connectivity index is 2.16. The standard InChI is InChI=1S/C16H21F2N3O3/c1-15(2,3)24-14(23)20-13-9-12(8-11(10-22)19-13)21-6-4-16(17,18)5-7-21/h8-10H,4-7H2,1-3H3,(H,19,20,23). The number of anilines is 2. The van der Waals surface area contributed by atoms with Gasteiger partial charge in [-0.15, -0.1) is 0 Å². The summed E-state index contributed by atoms with van der Waals surface area (Å²) in [5, 5.41) is 2.46. The van der Waals surface area contributed by atoms with E-state index in [9.17, 15) is 18.4 Å². The van der Waals surface area contributed by atoms with E-state index < -0.39 is 17.6 Å². The summed E-state index contributed by atoms with van der Waals surface area (Å²) in [5.41, 5.74) is -0.00210. The lowest BCUT2D eigenvalue weighted by Crippen LogP contribution is -2.39. The smallest absolute Gasteiger partial charge is 0.413 e. The fourth-order valence-corrected chi connectivity index (χ4v) is 2.34. The van der Waals surface area contributed by atoms with Crippen molar-refractivity contribution < 1.29 is 23.1 Å². The van der Waals surface area contributed by atoms with E-state index in [2.05, 4.69) is 10.3 Å². The highest BCUT2D eigenvalue weighted by Gasteiger charge is 2.34. The van der Waals surface area contributed by atoms with Gasteiger partial charge >= 0.3 is 6.09 Å². The molecule has 2 heterocycles. The van der Waals surface area contributed by atoms with Crippen LogP contribution in [0.2, 0.25) is 0 Å². The summed E-state index contributed by atoms with van der Waals surface area (Å²) in [6.45, 7) is 5.51. The molecule has 1 aromatic heterocycles. The molecular formula is C16H21F2N3O3. The Morgan fingerprint density at radius 3 is 2.50 bits per heavy atom. The van der Waals surface area contributed by atoms with Crippen LogP contribution in [0.5, 0.6) is 0 Å². The van der Waals surface area contributed by atoms with Gasteiger partial charge in [0.05, 0.1) is 0 Å². The molecule has 1 amide bonds. The van der Waals surface area contributed by atoms with Crippen molar-refractivity contribution in [3.05, 3.63) is 17.8 Å². The van der Waals surface area contributed by atoms with Crippen LogP contribution in [0.25, 0.3) is 0 Å². The summed E-state index contributed by atoms with van der Waals surface area (Å²) in [6, 6.07) is 3.05. The van der Waals surface area contributed by atoms with E-state index in [0.29, 0.717) is 12.0 Å². The molecule has 0 aromatic carbocycles. The van der Waals surface area contributed by atoms with E-state index in [1.807, 2.05) is 0 Å². The Labute approximate surface area is 139 Å². The van der Waals surface area contributed by atoms with Gasteiger partial charge in [0, 0.05) is 37.7 Å². The van der Waals surface area contributed by atoms with E-state index in [1.165, 1.54) is 6.07 Å². The van der Waals surface area contributed by atoms with Crippen molar-refractivity contribution in [3.8, 4) is 0 Å². The lowest BCUT2D eigenvalue weighted by molar-refractivity contribution is -0.0220. The van der Waals surface area contributed by atoms with Crippen LogP contribution < -0.4 is 10.2 Å². The number of nitrogens with one attached hydrogen (secondary N) is 1. The second kappa shape index (κ2) is 6.70. The van der Waals surface area contributed by atoms with E-state index in [-0.39, 0.29) is 37.4 Å². The molecule has 2 rings (SSSR count). The molecule has 0 bridgehead atoms. The highest BCUT2D eigenvalue weighted by atomic mass is 19.3. The van der Waals surface area contributed by atoms with Crippen LogP contribution in [0.4, 0.5) is 25.1 Å². The predicted octanol–water partition coefficient (Wildman–Crippen LogP) is 3.48. The second-order valence-electron chi connectivity index (χ2n) is 6.72. The molecule has 24 heavy (non-hydrogen) atoms. The van der Waals surface area contributed by atoms with Crippen LogP contribution in [0.1, 0.15) is 44.1 Å². The third kappa shape index (κ3) is 5.14. The molecular weight excluding hydrogens is 320 g/mol. The van der Waals surface area contributed by atoms with Crippen LogP contribution in [-0.2, 0) is 4.74 Å². The van der Waals surface area contributed by atoms with Gasteiger partial charge in [-0.25, -0.2) is 18.6 Å². The summed E-state index contributed by atoms with van der Waals surface area (Å²) in [6.07, 6.45) is -0.655. The lowest BCUT2D eigenvalue weighted by atomic mass is 10.1. The van der Waals surface area contributed by atoms with E-state index in [1.54, 1.807) is 31.7 Å². The number of rotatable bonds is 3. The molecule has 0 spiro atoms. The first-order valence-corrected chi connectivity index (χ1v) is 7.68. The van der Waals surface area contributed by atoms with Gasteiger partial charge in [-0.2, -0.15) is 0 Å². The second-order valence-corrected chi connectivity index (χ2v) is 6.72. The van der Waals surface area contributed by atoms with Gasteiger partial charge in [-0.05, 0) is 26.8 Å². The first-order chi connectivity index (χ1) is 11.1. The number of piperidine rings is 1. The largest absolute Gasteiger partial charge is 0.444 e. The number of nitrogens with zero attached hydrogens (tertiary/aromatic N) is 2. The normalized spacial score (nSPS) is 17.3. The van der Waals surface area contributed by atoms with Gasteiger partial charge in [0.1, 0.15) is 17.1 Å². The Morgan fingerprint density at radius 2 is 1.96 bits per heavy atom. The van der Waals surface area contributed by atoms with Gasteiger partial charge in [0.25, 0.3) is 5.92 Å². The van der Waals surface area contributed by atoms with Crippen molar-refractivity contribution in [2.75, 3.05) is 23.3 Å². The Bertz CT molecular complexity index is 619. The molecule has 0 unspecified atom stereocenters. The number of alkyl halides is 2. The summed E-state index contributed by atoms with van der Waals surface area (Å²) in [5.74, 6) is -2.52. The molecule has 1 fully saturated rings. The van der Waals surface area contributed by atoms with Crippen LogP contribution >= 0.6 is 0 Å². The number of pyridine rings is 1. The third-order valence-electron chi connectivity index (χ3n) is 3.44.